The van der Waals surface area contributed by atoms with E-state index >= 15 is 0 Å². The van der Waals surface area contributed by atoms with Crippen LogP contribution in [0.3, 0.4) is 0 Å². The van der Waals surface area contributed by atoms with Gasteiger partial charge in [0.1, 0.15) is 0 Å². The van der Waals surface area contributed by atoms with Crippen LogP contribution in [0.15, 0.2) is 21.6 Å². The summed E-state index contributed by atoms with van der Waals surface area (Å²) in [6, 6.07) is 2.14. The van der Waals surface area contributed by atoms with Gasteiger partial charge in [0, 0.05) is 20.8 Å². The second-order valence-electron chi connectivity index (χ2n) is 3.59. The highest BCUT2D eigenvalue weighted by Gasteiger charge is 2.22. The first-order valence-corrected chi connectivity index (χ1v) is 6.73. The van der Waals surface area contributed by atoms with Crippen molar-refractivity contribution in [1.82, 2.24) is 4.72 Å². The Morgan fingerprint density at radius 3 is 2.63 bits per heavy atom. The Morgan fingerprint density at radius 2 is 2.16 bits per heavy atom. The first-order chi connectivity index (χ1) is 8.90. The molecular weight excluding hydrogens is 278 g/mol. The van der Waals surface area contributed by atoms with Crippen LogP contribution in [0.5, 0.6) is 0 Å². The molecule has 19 heavy (non-hydrogen) atoms. The lowest BCUT2D eigenvalue weighted by Gasteiger charge is -2.14. The molecule has 0 aliphatic rings. The molecule has 9 heteroatoms. The molecule has 0 amide bonds. The topological polar surface area (TPSA) is 115 Å². The van der Waals surface area contributed by atoms with Gasteiger partial charge < -0.3 is 19.0 Å². The Hall–Kier alpha value is -1.42. The highest BCUT2D eigenvalue weighted by Crippen LogP contribution is 2.13. The minimum absolute atomic E-state index is 0.0181. The number of rotatable bonds is 8. The van der Waals surface area contributed by atoms with Crippen molar-refractivity contribution in [2.24, 2.45) is 0 Å². The minimum Gasteiger partial charge on any atom is -0.475 e. The van der Waals surface area contributed by atoms with Crippen LogP contribution >= 0.6 is 0 Å². The molecule has 1 rings (SSSR count). The zero-order valence-corrected chi connectivity index (χ0v) is 11.3. The van der Waals surface area contributed by atoms with Crippen LogP contribution in [-0.4, -0.2) is 53.0 Å². The van der Waals surface area contributed by atoms with Crippen LogP contribution in [-0.2, 0) is 19.5 Å². The average Bonchev–Trinajstić information content (AvgIpc) is 2.85. The third kappa shape index (κ3) is 4.31. The van der Waals surface area contributed by atoms with Gasteiger partial charge in [0.25, 0.3) is 10.0 Å². The predicted octanol–water partition coefficient (Wildman–Crippen LogP) is -0.0825. The number of methoxy groups -OCH3 is 2. The summed E-state index contributed by atoms with van der Waals surface area (Å²) in [5.74, 6) is -1.78. The zero-order chi connectivity index (χ0) is 14.5. The van der Waals surface area contributed by atoms with Gasteiger partial charge in [-0.2, -0.15) is 0 Å². The van der Waals surface area contributed by atoms with Gasteiger partial charge in [0.15, 0.2) is 0 Å². The third-order valence-corrected chi connectivity index (χ3v) is 3.54. The second-order valence-corrected chi connectivity index (χ2v) is 5.29. The number of ether oxygens (including phenoxy) is 2. The third-order valence-electron chi connectivity index (χ3n) is 2.24. The largest absolute Gasteiger partial charge is 0.475 e. The number of sulfonamides is 1. The zero-order valence-electron chi connectivity index (χ0n) is 10.5. The fourth-order valence-electron chi connectivity index (χ4n) is 1.25. The second kappa shape index (κ2) is 6.66. The summed E-state index contributed by atoms with van der Waals surface area (Å²) in [5, 5.41) is 8.18. The van der Waals surface area contributed by atoms with E-state index in [0.29, 0.717) is 0 Å². The van der Waals surface area contributed by atoms with E-state index in [0.717, 1.165) is 12.1 Å². The fourth-order valence-corrected chi connectivity index (χ4v) is 2.24. The molecular formula is C10H15NO7S. The molecule has 1 unspecified atom stereocenters. The first-order valence-electron chi connectivity index (χ1n) is 5.25. The van der Waals surface area contributed by atoms with E-state index in [-0.39, 0.29) is 13.2 Å². The molecule has 108 valence electrons. The maximum absolute atomic E-state index is 11.8. The molecule has 1 atom stereocenters. The number of carboxylic acids is 1. The summed E-state index contributed by atoms with van der Waals surface area (Å²) in [6.45, 7) is 0.202. The summed E-state index contributed by atoms with van der Waals surface area (Å²) in [7, 11) is -1.02. The number of hydrogen-bond acceptors (Lipinski definition) is 6. The van der Waals surface area contributed by atoms with Crippen molar-refractivity contribution < 1.29 is 32.2 Å². The molecule has 1 aromatic rings. The first kappa shape index (κ1) is 15.6. The molecule has 8 nitrogen and oxygen atoms in total. The number of aromatic carboxylic acids is 1. The average molecular weight is 293 g/mol. The molecule has 0 saturated heterocycles. The summed E-state index contributed by atoms with van der Waals surface area (Å²) in [5.41, 5.74) is 0. The minimum atomic E-state index is -3.91. The van der Waals surface area contributed by atoms with Crippen LogP contribution in [0, 0.1) is 0 Å². The summed E-state index contributed by atoms with van der Waals surface area (Å²) in [6.07, 6.45) is -0.450. The van der Waals surface area contributed by atoms with Crippen molar-refractivity contribution in [3.63, 3.8) is 0 Å². The lowest BCUT2D eigenvalue weighted by Crippen LogP contribution is -2.35. The van der Waals surface area contributed by atoms with Crippen molar-refractivity contribution in [1.29, 1.82) is 0 Å². The van der Waals surface area contributed by atoms with Gasteiger partial charge in [-0.1, -0.05) is 0 Å². The molecule has 0 spiro atoms. The van der Waals surface area contributed by atoms with Crippen LogP contribution in [0.25, 0.3) is 0 Å². The predicted molar refractivity (Wildman–Crippen MR) is 63.5 cm³/mol. The van der Waals surface area contributed by atoms with Crippen LogP contribution in [0.1, 0.15) is 10.6 Å². The Labute approximate surface area is 110 Å². The van der Waals surface area contributed by atoms with Gasteiger partial charge in [0.2, 0.25) is 10.9 Å². The number of nitrogens with one attached hydrogen (secondary N) is 1. The summed E-state index contributed by atoms with van der Waals surface area (Å²) >= 11 is 0. The number of hydrogen-bond donors (Lipinski definition) is 2. The van der Waals surface area contributed by atoms with Gasteiger partial charge in [-0.15, -0.1) is 0 Å². The van der Waals surface area contributed by atoms with Crippen molar-refractivity contribution in [2.75, 3.05) is 27.4 Å². The van der Waals surface area contributed by atoms with E-state index < -0.39 is 32.9 Å². The molecule has 2 N–H and O–H groups in total. The quantitative estimate of drug-likeness (QED) is 0.688. The van der Waals surface area contributed by atoms with Gasteiger partial charge in [-0.3, -0.25) is 0 Å². The smallest absolute Gasteiger partial charge is 0.371 e. The van der Waals surface area contributed by atoms with E-state index in [9.17, 15) is 13.2 Å². The van der Waals surface area contributed by atoms with E-state index in [1.54, 1.807) is 0 Å². The maximum atomic E-state index is 11.8. The van der Waals surface area contributed by atoms with Crippen LogP contribution in [0.2, 0.25) is 0 Å². The van der Waals surface area contributed by atoms with Crippen LogP contribution in [0.4, 0.5) is 0 Å². The Balaban J connectivity index is 2.72. The van der Waals surface area contributed by atoms with Crippen LogP contribution < -0.4 is 4.72 Å². The van der Waals surface area contributed by atoms with E-state index in [1.807, 2.05) is 0 Å². The normalized spacial score (nSPS) is 13.4. The Bertz CT molecular complexity index is 522. The lowest BCUT2D eigenvalue weighted by molar-refractivity contribution is 0.0319. The van der Waals surface area contributed by atoms with Crippen molar-refractivity contribution in [3.8, 4) is 0 Å². The van der Waals surface area contributed by atoms with Gasteiger partial charge >= 0.3 is 5.97 Å². The number of furan rings is 1. The summed E-state index contributed by atoms with van der Waals surface area (Å²) in [4.78, 5) is 10.6. The van der Waals surface area contributed by atoms with Gasteiger partial charge in [-0.25, -0.2) is 17.9 Å². The van der Waals surface area contributed by atoms with E-state index in [2.05, 4.69) is 4.72 Å². The molecule has 0 aromatic carbocycles. The lowest BCUT2D eigenvalue weighted by atomic mass is 10.4. The number of carboxylic acid groups (broad SMARTS) is 1. The SMILES string of the molecule is COCC(CNS(=O)(=O)c1ccc(C(=O)O)o1)OC. The van der Waals surface area contributed by atoms with Crippen molar-refractivity contribution >= 4 is 16.0 Å². The monoisotopic (exact) mass is 293 g/mol. The Morgan fingerprint density at radius 1 is 1.47 bits per heavy atom. The highest BCUT2D eigenvalue weighted by molar-refractivity contribution is 7.89. The maximum Gasteiger partial charge on any atom is 0.371 e. The van der Waals surface area contributed by atoms with Gasteiger partial charge in [0.05, 0.1) is 12.7 Å². The van der Waals surface area contributed by atoms with Crippen molar-refractivity contribution in [2.45, 2.75) is 11.2 Å². The van der Waals surface area contributed by atoms with Crippen molar-refractivity contribution in [3.05, 3.63) is 17.9 Å². The molecule has 0 saturated carbocycles. The molecule has 0 aliphatic carbocycles. The fraction of sp³-hybridized carbons (Fsp3) is 0.500. The molecule has 1 heterocycles. The highest BCUT2D eigenvalue weighted by atomic mass is 32.2. The molecule has 0 radical (unpaired) electrons. The Kier molecular flexibility index (Phi) is 5.48. The molecule has 0 fully saturated rings. The standard InChI is InChI=1S/C10H15NO7S/c1-16-6-7(17-2)5-11-19(14,15)9-4-3-8(18-9)10(12)13/h3-4,7,11H,5-6H2,1-2H3,(H,12,13). The summed E-state index contributed by atoms with van der Waals surface area (Å²) < 4.78 is 40.4. The van der Waals surface area contributed by atoms with E-state index in [1.165, 1.54) is 14.2 Å². The molecule has 0 bridgehead atoms. The van der Waals surface area contributed by atoms with E-state index in [4.69, 9.17) is 19.0 Å². The molecule has 1 aromatic heterocycles. The number of carbonyl (C=O) groups is 1. The molecule has 0 aliphatic heterocycles. The van der Waals surface area contributed by atoms with Gasteiger partial charge in [-0.05, 0) is 12.1 Å².